The number of rotatable bonds is 29. The Morgan fingerprint density at radius 2 is 0.675 bits per heavy atom. The molecule has 12 aromatic carbocycles. The molecule has 2 atom stereocenters. The molecule has 4 heterocycles. The topological polar surface area (TPSA) is 117 Å². The Hall–Kier alpha value is -10.7. The molecule has 2 aromatic heterocycles. The molecule has 12 heteroatoms. The van der Waals surface area contributed by atoms with Gasteiger partial charge in [0.2, 0.25) is 0 Å². The van der Waals surface area contributed by atoms with Crippen LogP contribution in [0.25, 0.3) is 62.4 Å². The smallest absolute Gasteiger partial charge is 0.153 e. The molecule has 8 nitrogen and oxygen atoms in total. The van der Waals surface area contributed by atoms with Gasteiger partial charge in [-0.1, -0.05) is 248 Å². The maximum absolute atomic E-state index is 13.5. The standard InChI is InChI=1S/C29H30O2S.C29H30OS.C27H26O2S.C25H24O2S.C4H9N/c1-20-11-18-26-27(19-20)32(30)29(25-10-6-3-7-21(25)2)28(26)31-24-16-14-23(15-17-24)9-5-4-8-22-12-13-22;1-20-11-18-26-27(19-20)31-29(25-10-6-3-7-21(25)2)28(26)30-24-16-14-23(15-17-24)9-5-4-8-22-12-13-22;1-18-5-2-3-8-23(18)27-26(24-16-13-21(28)17-25(24)30-27)29-22-14-11-20(12-15-22)7-4-6-19-9-10-19;1-4-7-19-11-13-20(14-12-19)27-24-22-15-10-17(2)16-23(22)28(26)25(24)21-9-6-5-8-18(21)3;5-3-4-1-2-4/h3,6-7,10-11,14-19,22H,4-5,8-9,12-13H2,1-2H3;3,6-7,10-11,14-19,22H,4-5,8-9,12-13H2,1-2H3;2-3,5,8,11-17,19,28H,4,6-7,9-10H2,1H3;5-6,8-16H,4,7H2,1-3H3;4H,1-3,5H2. The number of fused-ring (bicyclic) bond motifs is 4. The van der Waals surface area contributed by atoms with Crippen LogP contribution < -0.4 is 24.7 Å². The second kappa shape index (κ2) is 41.8. The van der Waals surface area contributed by atoms with E-state index in [9.17, 15) is 13.5 Å². The molecule has 0 spiro atoms. The van der Waals surface area contributed by atoms with Gasteiger partial charge in [0.1, 0.15) is 28.7 Å². The van der Waals surface area contributed by atoms with Crippen molar-refractivity contribution >= 4 is 85.8 Å². The van der Waals surface area contributed by atoms with Gasteiger partial charge in [-0.05, 0) is 323 Å². The Morgan fingerprint density at radius 3 is 1.05 bits per heavy atom. The van der Waals surface area contributed by atoms with E-state index in [1.165, 1.54) is 174 Å². The van der Waals surface area contributed by atoms with E-state index in [0.29, 0.717) is 11.5 Å². The normalized spacial score (nSPS) is 15.4. The number of unbranched alkanes of at least 4 members (excludes halogenated alkanes) is 2. The summed E-state index contributed by atoms with van der Waals surface area (Å²) < 4.78 is 55.0. The highest BCUT2D eigenvalue weighted by atomic mass is 32.2. The number of aromatic hydroxyl groups is 1. The predicted molar refractivity (Wildman–Crippen MR) is 531 cm³/mol. The first-order valence-corrected chi connectivity index (χ1v) is 49.7. The molecular weight excluding hydrogens is 1620 g/mol. The number of aryl methyl sites for hydroxylation is 11. The lowest BCUT2D eigenvalue weighted by Crippen LogP contribution is -1.98. The highest BCUT2D eigenvalue weighted by Gasteiger charge is 2.35. The molecule has 126 heavy (non-hydrogen) atoms. The van der Waals surface area contributed by atoms with Crippen molar-refractivity contribution < 1.29 is 32.5 Å². The molecule has 20 rings (SSSR count). The van der Waals surface area contributed by atoms with E-state index in [0.717, 1.165) is 169 Å². The fraction of sp³-hybridized carbons (Fsp3) is 0.298. The number of phenols is 1. The molecule has 6 aliphatic rings. The summed E-state index contributed by atoms with van der Waals surface area (Å²) in [6, 6.07) is 91.4. The lowest BCUT2D eigenvalue weighted by Gasteiger charge is -2.12. The van der Waals surface area contributed by atoms with Gasteiger partial charge in [0.25, 0.3) is 0 Å². The molecule has 646 valence electrons. The van der Waals surface area contributed by atoms with Crippen LogP contribution in [0.5, 0.6) is 40.2 Å². The molecular formula is C114H119NO7S4. The summed E-state index contributed by atoms with van der Waals surface area (Å²) in [5, 5.41) is 12.2. The first-order valence-electron chi connectivity index (χ1n) is 45.8. The second-order valence-corrected chi connectivity index (χ2v) is 40.3. The van der Waals surface area contributed by atoms with E-state index in [-0.39, 0.29) is 5.75 Å². The number of thiophene rings is 2. The van der Waals surface area contributed by atoms with E-state index < -0.39 is 21.6 Å². The van der Waals surface area contributed by atoms with Crippen molar-refractivity contribution in [2.24, 2.45) is 29.4 Å². The van der Waals surface area contributed by atoms with Gasteiger partial charge in [0.05, 0.1) is 51.0 Å². The van der Waals surface area contributed by atoms with Crippen molar-refractivity contribution in [3.05, 3.63) is 350 Å². The summed E-state index contributed by atoms with van der Waals surface area (Å²) in [6.07, 6.45) is 27.8. The van der Waals surface area contributed by atoms with Gasteiger partial charge in [0.15, 0.2) is 23.0 Å². The van der Waals surface area contributed by atoms with Crippen molar-refractivity contribution in [3.8, 4) is 61.1 Å². The number of hydrogen-bond donors (Lipinski definition) is 2. The minimum atomic E-state index is -1.26. The fourth-order valence-corrected chi connectivity index (χ4v) is 22.5. The molecule has 4 fully saturated rings. The Bertz CT molecular complexity index is 6230. The van der Waals surface area contributed by atoms with Crippen LogP contribution in [0.1, 0.15) is 200 Å². The highest BCUT2D eigenvalue weighted by Crippen LogP contribution is 2.52. The minimum absolute atomic E-state index is 0.280. The second-order valence-electron chi connectivity index (χ2n) is 35.4. The molecule has 0 bridgehead atoms. The van der Waals surface area contributed by atoms with Crippen molar-refractivity contribution in [2.45, 2.75) is 200 Å². The molecule has 0 saturated heterocycles. The monoisotopic (exact) mass is 1740 g/mol. The zero-order valence-electron chi connectivity index (χ0n) is 74.4. The van der Waals surface area contributed by atoms with Gasteiger partial charge in [0, 0.05) is 31.3 Å². The summed E-state index contributed by atoms with van der Waals surface area (Å²) in [5.41, 5.74) is 25.1. The minimum Gasteiger partial charge on any atom is -0.508 e. The van der Waals surface area contributed by atoms with Gasteiger partial charge in [-0.2, -0.15) is 0 Å². The lowest BCUT2D eigenvalue weighted by atomic mass is 10.0. The summed E-state index contributed by atoms with van der Waals surface area (Å²) in [7, 11) is -2.53. The van der Waals surface area contributed by atoms with Crippen LogP contribution in [0, 0.1) is 72.1 Å². The van der Waals surface area contributed by atoms with Gasteiger partial charge in [-0.15, -0.1) is 22.7 Å². The first kappa shape index (κ1) is 88.7. The van der Waals surface area contributed by atoms with Gasteiger partial charge >= 0.3 is 0 Å². The van der Waals surface area contributed by atoms with E-state index in [1.807, 2.05) is 141 Å². The van der Waals surface area contributed by atoms with Crippen LogP contribution in [-0.2, 0) is 47.3 Å². The molecule has 2 unspecified atom stereocenters. The third kappa shape index (κ3) is 22.8. The van der Waals surface area contributed by atoms with Crippen molar-refractivity contribution in [3.63, 3.8) is 0 Å². The number of hydrogen-bond acceptors (Lipinski definition) is 10. The summed E-state index contributed by atoms with van der Waals surface area (Å²) in [6.45, 7) is 17.7. The summed E-state index contributed by atoms with van der Waals surface area (Å²) >= 11 is 3.49. The van der Waals surface area contributed by atoms with E-state index >= 15 is 0 Å². The van der Waals surface area contributed by atoms with Crippen molar-refractivity contribution in [2.75, 3.05) is 6.54 Å². The Balaban J connectivity index is 0.000000121. The van der Waals surface area contributed by atoms with Crippen LogP contribution in [0.15, 0.2) is 277 Å². The van der Waals surface area contributed by atoms with Crippen molar-refractivity contribution in [1.29, 1.82) is 0 Å². The van der Waals surface area contributed by atoms with Crippen LogP contribution in [0.2, 0.25) is 0 Å². The van der Waals surface area contributed by atoms with Crippen LogP contribution in [0.4, 0.5) is 0 Å². The predicted octanol–water partition coefficient (Wildman–Crippen LogP) is 31.3. The number of nitrogens with two attached hydrogens (primary N) is 1. The lowest BCUT2D eigenvalue weighted by molar-refractivity contribution is 0.476. The Kier molecular flexibility index (Phi) is 29.5. The van der Waals surface area contributed by atoms with E-state index in [2.05, 4.69) is 186 Å². The number of phenolic OH excluding ortho intramolecular Hbond substituents is 1. The van der Waals surface area contributed by atoms with Gasteiger partial charge in [-0.3, -0.25) is 0 Å². The van der Waals surface area contributed by atoms with Gasteiger partial charge < -0.3 is 29.8 Å². The first-order chi connectivity index (χ1) is 61.4. The molecule has 14 aromatic rings. The average molecular weight is 1740 g/mol. The molecule has 0 radical (unpaired) electrons. The SMILES string of the molecule is CCCc1ccc(OC2=C(c3ccccc3C)S(=O)c3cc(C)ccc32)cc1.Cc1ccc2c(Oc3ccc(CCCCC4CC4)cc3)c(-c3ccccc3C)sc2c1.Cc1ccc2c(c1)S(=O)C(c1ccccc1C)=C2Oc1ccc(CCCCC2CC2)cc1.Cc1ccccc1-c1sc2cc(O)ccc2c1Oc1ccc(CCCC2CC2)cc1.NCC1CC1. The highest BCUT2D eigenvalue weighted by molar-refractivity contribution is 7.95. The Morgan fingerprint density at radius 1 is 0.341 bits per heavy atom. The van der Waals surface area contributed by atoms with Crippen molar-refractivity contribution in [1.82, 2.24) is 0 Å². The van der Waals surface area contributed by atoms with Gasteiger partial charge in [-0.25, -0.2) is 8.42 Å². The number of ether oxygens (including phenoxy) is 4. The summed E-state index contributed by atoms with van der Waals surface area (Å²) in [5.74, 6) is 10.8. The maximum Gasteiger partial charge on any atom is 0.153 e. The van der Waals surface area contributed by atoms with Crippen LogP contribution in [0.3, 0.4) is 0 Å². The summed E-state index contributed by atoms with van der Waals surface area (Å²) in [4.78, 5) is 5.51. The molecule has 4 saturated carbocycles. The molecule has 4 aliphatic carbocycles. The van der Waals surface area contributed by atoms with Crippen LogP contribution in [-0.4, -0.2) is 20.1 Å². The molecule has 0 amide bonds. The zero-order chi connectivity index (χ0) is 87.2. The van der Waals surface area contributed by atoms with E-state index in [4.69, 9.17) is 24.7 Å². The third-order valence-corrected chi connectivity index (χ3v) is 30.3. The third-order valence-electron chi connectivity index (χ3n) is 24.9. The zero-order valence-corrected chi connectivity index (χ0v) is 77.6. The largest absolute Gasteiger partial charge is 0.508 e. The average Bonchev–Trinajstić information content (AvgIpc) is 1.61. The fourth-order valence-electron chi connectivity index (χ4n) is 16.7. The van der Waals surface area contributed by atoms with E-state index in [1.54, 1.807) is 17.4 Å². The molecule has 2 aliphatic heterocycles. The Labute approximate surface area is 760 Å². The molecule has 3 N–H and O–H groups in total. The number of benzene rings is 12. The van der Waals surface area contributed by atoms with Crippen LogP contribution >= 0.6 is 22.7 Å². The quantitative estimate of drug-likeness (QED) is 0.0445. The maximum atomic E-state index is 13.5.